The van der Waals surface area contributed by atoms with Crippen LogP contribution < -0.4 is 5.73 Å². The lowest BCUT2D eigenvalue weighted by molar-refractivity contribution is 0.615. The molecule has 1 aromatic heterocycles. The third kappa shape index (κ3) is 1.96. The predicted octanol–water partition coefficient (Wildman–Crippen LogP) is 2.80. The zero-order valence-corrected chi connectivity index (χ0v) is 8.52. The Morgan fingerprint density at radius 2 is 2.08 bits per heavy atom. The Balaban J connectivity index is 2.24. The molecule has 1 fully saturated rings. The van der Waals surface area contributed by atoms with Gasteiger partial charge in [0.15, 0.2) is 0 Å². The van der Waals surface area contributed by atoms with E-state index in [0.717, 1.165) is 5.69 Å². The van der Waals surface area contributed by atoms with Crippen molar-refractivity contribution in [3.63, 3.8) is 0 Å². The molecule has 1 aliphatic carbocycles. The fourth-order valence-corrected chi connectivity index (χ4v) is 1.58. The van der Waals surface area contributed by atoms with Crippen LogP contribution in [0.25, 0.3) is 0 Å². The standard InChI is InChI=1S/C9H10Cl2N2/c10-6-3-4-7(13-9(6)11)8(12)5-1-2-5/h3-5,8H,1-2,12H2. The summed E-state index contributed by atoms with van der Waals surface area (Å²) < 4.78 is 0. The maximum absolute atomic E-state index is 5.96. The van der Waals surface area contributed by atoms with Gasteiger partial charge in [0.1, 0.15) is 5.15 Å². The van der Waals surface area contributed by atoms with Crippen molar-refractivity contribution in [2.45, 2.75) is 18.9 Å². The lowest BCUT2D eigenvalue weighted by atomic mass is 10.1. The molecule has 2 N–H and O–H groups in total. The smallest absolute Gasteiger partial charge is 0.147 e. The van der Waals surface area contributed by atoms with Gasteiger partial charge in [-0.1, -0.05) is 23.2 Å². The van der Waals surface area contributed by atoms with Gasteiger partial charge in [0.05, 0.1) is 10.7 Å². The first-order chi connectivity index (χ1) is 6.18. The number of pyridine rings is 1. The van der Waals surface area contributed by atoms with Crippen molar-refractivity contribution < 1.29 is 0 Å². The predicted molar refractivity (Wildman–Crippen MR) is 53.9 cm³/mol. The first kappa shape index (κ1) is 9.25. The van der Waals surface area contributed by atoms with Crippen molar-refractivity contribution in [1.29, 1.82) is 0 Å². The van der Waals surface area contributed by atoms with E-state index < -0.39 is 0 Å². The lowest BCUT2D eigenvalue weighted by Gasteiger charge is -2.09. The van der Waals surface area contributed by atoms with Gasteiger partial charge in [0.25, 0.3) is 0 Å². The van der Waals surface area contributed by atoms with Gasteiger partial charge >= 0.3 is 0 Å². The average Bonchev–Trinajstić information content (AvgIpc) is 2.91. The number of nitrogens with zero attached hydrogens (tertiary/aromatic N) is 1. The number of hydrogen-bond donors (Lipinski definition) is 1. The Morgan fingerprint density at radius 3 is 2.62 bits per heavy atom. The summed E-state index contributed by atoms with van der Waals surface area (Å²) in [5.41, 5.74) is 6.80. The molecule has 2 rings (SSSR count). The molecule has 0 bridgehead atoms. The highest BCUT2D eigenvalue weighted by Crippen LogP contribution is 2.39. The van der Waals surface area contributed by atoms with Crippen LogP contribution in [0.4, 0.5) is 0 Å². The van der Waals surface area contributed by atoms with Gasteiger partial charge in [0, 0.05) is 6.04 Å². The SMILES string of the molecule is NC(c1ccc(Cl)c(Cl)n1)C1CC1. The minimum atomic E-state index is 0.0229. The Hall–Kier alpha value is -0.310. The van der Waals surface area contributed by atoms with Crippen LogP contribution in [-0.4, -0.2) is 4.98 Å². The van der Waals surface area contributed by atoms with Crippen LogP contribution in [0.3, 0.4) is 0 Å². The molecule has 0 aromatic carbocycles. The van der Waals surface area contributed by atoms with E-state index in [9.17, 15) is 0 Å². The second-order valence-electron chi connectivity index (χ2n) is 3.37. The zero-order valence-electron chi connectivity index (χ0n) is 7.00. The van der Waals surface area contributed by atoms with Gasteiger partial charge in [-0.15, -0.1) is 0 Å². The van der Waals surface area contributed by atoms with Crippen LogP contribution in [0, 0.1) is 5.92 Å². The quantitative estimate of drug-likeness (QED) is 0.773. The Morgan fingerprint density at radius 1 is 1.38 bits per heavy atom. The van der Waals surface area contributed by atoms with Crippen molar-refractivity contribution in [2.75, 3.05) is 0 Å². The normalized spacial score (nSPS) is 18.7. The molecule has 1 atom stereocenters. The maximum Gasteiger partial charge on any atom is 0.147 e. The molecule has 1 aromatic rings. The number of aromatic nitrogens is 1. The number of hydrogen-bond acceptors (Lipinski definition) is 2. The van der Waals surface area contributed by atoms with Crippen molar-refractivity contribution in [3.05, 3.63) is 28.0 Å². The minimum Gasteiger partial charge on any atom is -0.322 e. The maximum atomic E-state index is 5.96. The molecule has 1 heterocycles. The summed E-state index contributed by atoms with van der Waals surface area (Å²) in [5.74, 6) is 0.588. The lowest BCUT2D eigenvalue weighted by Crippen LogP contribution is -2.13. The van der Waals surface area contributed by atoms with Crippen LogP contribution >= 0.6 is 23.2 Å². The van der Waals surface area contributed by atoms with Crippen LogP contribution in [-0.2, 0) is 0 Å². The number of halogens is 2. The monoisotopic (exact) mass is 216 g/mol. The highest BCUT2D eigenvalue weighted by atomic mass is 35.5. The second kappa shape index (κ2) is 3.45. The largest absolute Gasteiger partial charge is 0.322 e. The van der Waals surface area contributed by atoms with E-state index in [0.29, 0.717) is 16.1 Å². The third-order valence-corrected chi connectivity index (χ3v) is 2.99. The van der Waals surface area contributed by atoms with E-state index in [1.807, 2.05) is 6.07 Å². The molecular formula is C9H10Cl2N2. The molecule has 0 aliphatic heterocycles. The Kier molecular flexibility index (Phi) is 2.45. The summed E-state index contributed by atoms with van der Waals surface area (Å²) >= 11 is 11.5. The highest BCUT2D eigenvalue weighted by molar-refractivity contribution is 6.41. The fourth-order valence-electron chi connectivity index (χ4n) is 1.31. The summed E-state index contributed by atoms with van der Waals surface area (Å²) in [6.07, 6.45) is 2.40. The Bertz CT molecular complexity index is 323. The fraction of sp³-hybridized carbons (Fsp3) is 0.444. The van der Waals surface area contributed by atoms with Crippen molar-refractivity contribution in [3.8, 4) is 0 Å². The molecule has 1 saturated carbocycles. The van der Waals surface area contributed by atoms with Crippen LogP contribution in [0.5, 0.6) is 0 Å². The molecule has 0 saturated heterocycles. The number of rotatable bonds is 2. The highest BCUT2D eigenvalue weighted by Gasteiger charge is 2.30. The molecule has 2 nitrogen and oxygen atoms in total. The molecule has 13 heavy (non-hydrogen) atoms. The van der Waals surface area contributed by atoms with Gasteiger partial charge < -0.3 is 5.73 Å². The van der Waals surface area contributed by atoms with E-state index in [4.69, 9.17) is 28.9 Å². The van der Waals surface area contributed by atoms with Gasteiger partial charge in [-0.05, 0) is 30.9 Å². The molecule has 0 amide bonds. The zero-order chi connectivity index (χ0) is 9.42. The molecule has 1 aliphatic rings. The van der Waals surface area contributed by atoms with Gasteiger partial charge in [-0.2, -0.15) is 0 Å². The molecule has 70 valence electrons. The van der Waals surface area contributed by atoms with Crippen molar-refractivity contribution >= 4 is 23.2 Å². The summed E-state index contributed by atoms with van der Waals surface area (Å²) in [6, 6.07) is 3.61. The first-order valence-electron chi connectivity index (χ1n) is 4.26. The molecule has 4 heteroatoms. The Labute approximate surface area is 87.1 Å². The van der Waals surface area contributed by atoms with Crippen LogP contribution in [0.15, 0.2) is 12.1 Å². The molecule has 0 spiro atoms. The summed E-state index contributed by atoms with van der Waals surface area (Å²) in [4.78, 5) is 4.14. The summed E-state index contributed by atoms with van der Waals surface area (Å²) in [5, 5.41) is 0.823. The van der Waals surface area contributed by atoms with Crippen LogP contribution in [0.1, 0.15) is 24.6 Å². The van der Waals surface area contributed by atoms with E-state index in [-0.39, 0.29) is 6.04 Å². The van der Waals surface area contributed by atoms with Crippen molar-refractivity contribution in [1.82, 2.24) is 4.98 Å². The molecule has 1 unspecified atom stereocenters. The number of nitrogens with two attached hydrogens (primary N) is 1. The van der Waals surface area contributed by atoms with E-state index in [2.05, 4.69) is 4.98 Å². The molecule has 0 radical (unpaired) electrons. The van der Waals surface area contributed by atoms with Gasteiger partial charge in [-0.25, -0.2) is 4.98 Å². The van der Waals surface area contributed by atoms with Gasteiger partial charge in [-0.3, -0.25) is 0 Å². The average molecular weight is 217 g/mol. The summed E-state index contributed by atoms with van der Waals surface area (Å²) in [7, 11) is 0. The van der Waals surface area contributed by atoms with E-state index in [1.165, 1.54) is 12.8 Å². The third-order valence-electron chi connectivity index (χ3n) is 2.30. The first-order valence-corrected chi connectivity index (χ1v) is 5.01. The minimum absolute atomic E-state index is 0.0229. The van der Waals surface area contributed by atoms with Crippen molar-refractivity contribution in [2.24, 2.45) is 11.7 Å². The van der Waals surface area contributed by atoms with Crippen LogP contribution in [0.2, 0.25) is 10.2 Å². The van der Waals surface area contributed by atoms with E-state index in [1.54, 1.807) is 6.07 Å². The second-order valence-corrected chi connectivity index (χ2v) is 4.14. The van der Waals surface area contributed by atoms with Gasteiger partial charge in [0.2, 0.25) is 0 Å². The summed E-state index contributed by atoms with van der Waals surface area (Å²) in [6.45, 7) is 0. The topological polar surface area (TPSA) is 38.9 Å². The van der Waals surface area contributed by atoms with E-state index >= 15 is 0 Å². The molecular weight excluding hydrogens is 207 g/mol.